The molecule has 1 aromatic heterocycles. The predicted octanol–water partition coefficient (Wildman–Crippen LogP) is 3.09. The van der Waals surface area contributed by atoms with E-state index in [1.165, 1.54) is 0 Å². The van der Waals surface area contributed by atoms with E-state index in [0.29, 0.717) is 29.0 Å². The Kier molecular flexibility index (Phi) is 5.59. The third kappa shape index (κ3) is 4.44. The Morgan fingerprint density at radius 3 is 2.62 bits per heavy atom. The van der Waals surface area contributed by atoms with Crippen LogP contribution >= 0.6 is 0 Å². The molecule has 0 aliphatic rings. The fourth-order valence-corrected chi connectivity index (χ4v) is 3.09. The van der Waals surface area contributed by atoms with Crippen LogP contribution < -0.4 is 10.1 Å². The fraction of sp³-hybridized carbons (Fsp3) is 0.375. The molecule has 21 heavy (non-hydrogen) atoms. The van der Waals surface area contributed by atoms with Gasteiger partial charge in [-0.2, -0.15) is 0 Å². The molecule has 0 saturated carbocycles. The van der Waals surface area contributed by atoms with Gasteiger partial charge in [0.15, 0.2) is 0 Å². The van der Waals surface area contributed by atoms with Crippen molar-refractivity contribution in [3.63, 3.8) is 0 Å². The number of ether oxygens (including phenoxy) is 1. The van der Waals surface area contributed by atoms with Crippen molar-refractivity contribution in [2.75, 3.05) is 7.11 Å². The first-order valence-electron chi connectivity index (χ1n) is 6.92. The Labute approximate surface area is 128 Å². The molecule has 0 radical (unpaired) electrons. The number of nitrogens with one attached hydrogen (secondary N) is 1. The van der Waals surface area contributed by atoms with Crippen LogP contribution in [0.1, 0.15) is 25.4 Å². The number of furan rings is 1. The molecule has 1 aromatic carbocycles. The van der Waals surface area contributed by atoms with Crippen molar-refractivity contribution >= 4 is 10.8 Å². The zero-order valence-electron chi connectivity index (χ0n) is 12.6. The summed E-state index contributed by atoms with van der Waals surface area (Å²) in [5.74, 6) is 2.57. The summed E-state index contributed by atoms with van der Waals surface area (Å²) in [7, 11) is 0.398. The van der Waals surface area contributed by atoms with E-state index in [4.69, 9.17) is 9.15 Å². The Balaban J connectivity index is 2.03. The molecule has 0 aliphatic heterocycles. The molecule has 0 spiro atoms. The van der Waals surface area contributed by atoms with Gasteiger partial charge in [-0.15, -0.1) is 0 Å². The molecule has 5 heteroatoms. The van der Waals surface area contributed by atoms with Crippen molar-refractivity contribution < 1.29 is 13.4 Å². The van der Waals surface area contributed by atoms with Crippen LogP contribution in [0.4, 0.5) is 0 Å². The smallest absolute Gasteiger partial charge is 0.134 e. The molecule has 0 saturated heterocycles. The van der Waals surface area contributed by atoms with E-state index in [1.54, 1.807) is 7.11 Å². The van der Waals surface area contributed by atoms with Gasteiger partial charge in [0.25, 0.3) is 0 Å². The number of para-hydroxylation sites is 1. The molecule has 0 fully saturated rings. The van der Waals surface area contributed by atoms with Gasteiger partial charge in [0.1, 0.15) is 17.3 Å². The Hall–Kier alpha value is -1.59. The topological polar surface area (TPSA) is 51.5 Å². The Bertz CT molecular complexity index is 607. The molecule has 114 valence electrons. The first-order valence-corrected chi connectivity index (χ1v) is 8.24. The second-order valence-corrected chi connectivity index (χ2v) is 6.46. The summed E-state index contributed by atoms with van der Waals surface area (Å²) in [6.07, 6.45) is 0. The summed E-state index contributed by atoms with van der Waals surface area (Å²) in [6, 6.07) is 11.6. The monoisotopic (exact) mass is 307 g/mol. The van der Waals surface area contributed by atoms with Crippen LogP contribution in [0.15, 0.2) is 45.7 Å². The maximum Gasteiger partial charge on any atom is 0.134 e. The lowest BCUT2D eigenvalue weighted by Crippen LogP contribution is -2.21. The number of methoxy groups -OCH3 is 1. The average Bonchev–Trinajstić information content (AvgIpc) is 2.92. The highest BCUT2D eigenvalue weighted by Gasteiger charge is 2.13. The molecule has 1 heterocycles. The zero-order chi connectivity index (χ0) is 15.2. The van der Waals surface area contributed by atoms with E-state index in [1.807, 2.05) is 36.4 Å². The van der Waals surface area contributed by atoms with Gasteiger partial charge >= 0.3 is 0 Å². The fourth-order valence-electron chi connectivity index (χ4n) is 1.91. The van der Waals surface area contributed by atoms with Crippen LogP contribution in [0.5, 0.6) is 5.75 Å². The minimum absolute atomic E-state index is 0.349. The lowest BCUT2D eigenvalue weighted by Gasteiger charge is -2.07. The molecule has 4 nitrogen and oxygen atoms in total. The minimum atomic E-state index is -1.18. The second-order valence-electron chi connectivity index (χ2n) is 5.04. The van der Waals surface area contributed by atoms with Crippen LogP contribution in [0.2, 0.25) is 0 Å². The number of hydrogen-bond donors (Lipinski definition) is 1. The van der Waals surface area contributed by atoms with Gasteiger partial charge < -0.3 is 14.5 Å². The largest absolute Gasteiger partial charge is 0.495 e. The summed E-state index contributed by atoms with van der Waals surface area (Å²) < 4.78 is 23.4. The van der Waals surface area contributed by atoms with Gasteiger partial charge in [0.2, 0.25) is 0 Å². The van der Waals surface area contributed by atoms with E-state index in [2.05, 4.69) is 19.2 Å². The van der Waals surface area contributed by atoms with Gasteiger partial charge in [-0.1, -0.05) is 26.0 Å². The van der Waals surface area contributed by atoms with Crippen LogP contribution in [0, 0.1) is 0 Å². The van der Waals surface area contributed by atoms with Crippen molar-refractivity contribution in [3.05, 3.63) is 47.9 Å². The number of rotatable bonds is 7. The molecule has 0 bridgehead atoms. The highest BCUT2D eigenvalue weighted by molar-refractivity contribution is 7.84. The summed E-state index contributed by atoms with van der Waals surface area (Å²) in [4.78, 5) is 0.693. The van der Waals surface area contributed by atoms with Crippen LogP contribution in [0.25, 0.3) is 0 Å². The van der Waals surface area contributed by atoms with Crippen molar-refractivity contribution in [2.45, 2.75) is 37.1 Å². The highest BCUT2D eigenvalue weighted by Crippen LogP contribution is 2.23. The van der Waals surface area contributed by atoms with E-state index in [9.17, 15) is 4.21 Å². The maximum absolute atomic E-state index is 12.4. The van der Waals surface area contributed by atoms with Crippen molar-refractivity contribution in [3.8, 4) is 5.75 Å². The Morgan fingerprint density at radius 1 is 1.19 bits per heavy atom. The zero-order valence-corrected chi connectivity index (χ0v) is 13.4. The van der Waals surface area contributed by atoms with Gasteiger partial charge in [0.05, 0.1) is 35.1 Å². The molecular formula is C16H21NO3S. The van der Waals surface area contributed by atoms with Gasteiger partial charge in [-0.25, -0.2) is 0 Å². The highest BCUT2D eigenvalue weighted by atomic mass is 32.2. The van der Waals surface area contributed by atoms with Crippen LogP contribution in [-0.4, -0.2) is 17.4 Å². The minimum Gasteiger partial charge on any atom is -0.495 e. The van der Waals surface area contributed by atoms with Gasteiger partial charge in [-0.05, 0) is 24.3 Å². The molecule has 1 unspecified atom stereocenters. The summed E-state index contributed by atoms with van der Waals surface area (Å²) in [6.45, 7) is 4.85. The summed E-state index contributed by atoms with van der Waals surface area (Å²) in [5, 5.41) is 3.29. The SMILES string of the molecule is COc1ccccc1S(=O)Cc1ccc(CNC(C)C)o1. The molecular weight excluding hydrogens is 286 g/mol. The molecule has 2 rings (SSSR count). The predicted molar refractivity (Wildman–Crippen MR) is 83.8 cm³/mol. The molecule has 1 N–H and O–H groups in total. The lowest BCUT2D eigenvalue weighted by molar-refractivity contribution is 0.404. The van der Waals surface area contributed by atoms with E-state index in [-0.39, 0.29) is 0 Å². The third-order valence-corrected chi connectivity index (χ3v) is 4.36. The molecule has 1 atom stereocenters. The summed E-state index contributed by atoms with van der Waals surface area (Å²) in [5.41, 5.74) is 0. The lowest BCUT2D eigenvalue weighted by atomic mass is 10.3. The molecule has 0 aliphatic carbocycles. The third-order valence-electron chi connectivity index (χ3n) is 2.99. The Morgan fingerprint density at radius 2 is 1.90 bits per heavy atom. The molecule has 2 aromatic rings. The van der Waals surface area contributed by atoms with Gasteiger partial charge in [-0.3, -0.25) is 4.21 Å². The van der Waals surface area contributed by atoms with Crippen LogP contribution in [0.3, 0.4) is 0 Å². The maximum atomic E-state index is 12.4. The first kappa shape index (κ1) is 15.8. The van der Waals surface area contributed by atoms with Crippen molar-refractivity contribution in [1.29, 1.82) is 0 Å². The summed E-state index contributed by atoms with van der Waals surface area (Å²) >= 11 is 0. The van der Waals surface area contributed by atoms with Crippen molar-refractivity contribution in [1.82, 2.24) is 5.32 Å². The van der Waals surface area contributed by atoms with E-state index >= 15 is 0 Å². The quantitative estimate of drug-likeness (QED) is 0.854. The van der Waals surface area contributed by atoms with E-state index in [0.717, 1.165) is 11.5 Å². The van der Waals surface area contributed by atoms with Gasteiger partial charge in [0, 0.05) is 6.04 Å². The average molecular weight is 307 g/mol. The van der Waals surface area contributed by atoms with Crippen LogP contribution in [-0.2, 0) is 23.1 Å². The normalized spacial score (nSPS) is 12.6. The first-order chi connectivity index (χ1) is 10.1. The standard InChI is InChI=1S/C16H21NO3S/c1-12(2)17-10-13-8-9-14(20-13)11-21(18)16-7-5-4-6-15(16)19-3/h4-9,12,17H,10-11H2,1-3H3. The van der Waals surface area contributed by atoms with Crippen molar-refractivity contribution in [2.24, 2.45) is 0 Å². The number of benzene rings is 1. The van der Waals surface area contributed by atoms with E-state index < -0.39 is 10.8 Å². The molecule has 0 amide bonds. The number of hydrogen-bond acceptors (Lipinski definition) is 4. The second kappa shape index (κ2) is 7.43.